The van der Waals surface area contributed by atoms with E-state index in [1.165, 1.54) is 0 Å². The lowest BCUT2D eigenvalue weighted by atomic mass is 9.80. The Labute approximate surface area is 157 Å². The number of benzene rings is 1. The van der Waals surface area contributed by atoms with Crippen LogP contribution in [0, 0.1) is 5.41 Å². The van der Waals surface area contributed by atoms with Crippen molar-refractivity contribution in [3.05, 3.63) is 66.4 Å². The van der Waals surface area contributed by atoms with Gasteiger partial charge in [-0.25, -0.2) is 4.52 Å². The first-order valence-corrected chi connectivity index (χ1v) is 9.15. The van der Waals surface area contributed by atoms with Gasteiger partial charge in [-0.05, 0) is 44.0 Å². The summed E-state index contributed by atoms with van der Waals surface area (Å²) in [5, 5.41) is 7.32. The maximum atomic E-state index is 13.0. The summed E-state index contributed by atoms with van der Waals surface area (Å²) >= 11 is 0. The number of amides is 2. The van der Waals surface area contributed by atoms with Gasteiger partial charge in [0.05, 0.1) is 10.9 Å². The van der Waals surface area contributed by atoms with Crippen molar-refractivity contribution >= 4 is 23.1 Å². The lowest BCUT2D eigenvalue weighted by molar-refractivity contribution is -0.127. The van der Waals surface area contributed by atoms with Gasteiger partial charge in [-0.3, -0.25) is 9.59 Å². The monoisotopic (exact) mass is 362 g/mol. The summed E-state index contributed by atoms with van der Waals surface area (Å²) < 4.78 is 1.73. The highest BCUT2D eigenvalue weighted by molar-refractivity contribution is 5.97. The van der Waals surface area contributed by atoms with E-state index in [1.54, 1.807) is 9.42 Å². The van der Waals surface area contributed by atoms with Crippen molar-refractivity contribution in [1.82, 2.24) is 14.5 Å². The molecule has 0 saturated carbocycles. The molecule has 3 heterocycles. The molecule has 138 valence electrons. The van der Waals surface area contributed by atoms with Crippen LogP contribution in [0.5, 0.6) is 0 Å². The quantitative estimate of drug-likeness (QED) is 0.778. The largest absolute Gasteiger partial charge is 0.338 e. The molecule has 0 radical (unpaired) electrons. The summed E-state index contributed by atoms with van der Waals surface area (Å²) in [5.74, 6) is 0.400. The average molecular weight is 362 g/mol. The Hall–Kier alpha value is -3.15. The van der Waals surface area contributed by atoms with E-state index in [2.05, 4.69) is 10.4 Å². The number of hydrogen-bond acceptors (Lipinski definition) is 3. The highest BCUT2D eigenvalue weighted by Crippen LogP contribution is 2.31. The third-order valence-corrected chi connectivity index (χ3v) is 5.16. The van der Waals surface area contributed by atoms with Crippen molar-refractivity contribution in [2.75, 3.05) is 18.4 Å². The molecule has 1 aromatic carbocycles. The fraction of sp³-hybridized carbons (Fsp3) is 0.286. The summed E-state index contributed by atoms with van der Waals surface area (Å²) in [6.45, 7) is 2.99. The molecule has 1 fully saturated rings. The van der Waals surface area contributed by atoms with Gasteiger partial charge in [0.2, 0.25) is 5.91 Å². The number of likely N-dealkylation sites (tertiary alicyclic amines) is 1. The second kappa shape index (κ2) is 6.87. The zero-order valence-electron chi connectivity index (χ0n) is 15.3. The Balaban J connectivity index is 1.49. The van der Waals surface area contributed by atoms with Crippen LogP contribution in [0.3, 0.4) is 0 Å². The standard InChI is InChI=1S/C21H22N4O2/c1-21(20(27)22-18-14-17-10-5-6-13-25(17)23-18)11-7-12-24(15-21)19(26)16-8-3-2-4-9-16/h2-6,8-10,13-14H,7,11-12,15H2,1H3,(H,22,23,27). The number of pyridine rings is 1. The van der Waals surface area contributed by atoms with Crippen molar-refractivity contribution in [3.8, 4) is 0 Å². The summed E-state index contributed by atoms with van der Waals surface area (Å²) in [6, 6.07) is 16.8. The summed E-state index contributed by atoms with van der Waals surface area (Å²) in [6.07, 6.45) is 3.38. The molecule has 1 aliphatic rings. The first-order valence-electron chi connectivity index (χ1n) is 9.15. The predicted molar refractivity (Wildman–Crippen MR) is 104 cm³/mol. The number of hydrogen-bond donors (Lipinski definition) is 1. The minimum atomic E-state index is -0.640. The van der Waals surface area contributed by atoms with E-state index in [9.17, 15) is 9.59 Å². The minimum absolute atomic E-state index is 0.0259. The first kappa shape index (κ1) is 17.3. The van der Waals surface area contributed by atoms with E-state index < -0.39 is 5.41 Å². The van der Waals surface area contributed by atoms with Crippen LogP contribution < -0.4 is 5.32 Å². The molecule has 1 aliphatic heterocycles. The van der Waals surface area contributed by atoms with Gasteiger partial charge < -0.3 is 10.2 Å². The molecule has 6 heteroatoms. The molecule has 2 aromatic heterocycles. The van der Waals surface area contributed by atoms with Crippen LogP contribution in [-0.2, 0) is 4.79 Å². The highest BCUT2D eigenvalue weighted by Gasteiger charge is 2.39. The van der Waals surface area contributed by atoms with Crippen LogP contribution in [0.25, 0.3) is 5.52 Å². The fourth-order valence-electron chi connectivity index (χ4n) is 3.63. The van der Waals surface area contributed by atoms with E-state index in [-0.39, 0.29) is 11.8 Å². The predicted octanol–water partition coefficient (Wildman–Crippen LogP) is 3.22. The number of carbonyl (C=O) groups excluding carboxylic acids is 2. The van der Waals surface area contributed by atoms with Gasteiger partial charge in [-0.2, -0.15) is 5.10 Å². The minimum Gasteiger partial charge on any atom is -0.338 e. The van der Waals surface area contributed by atoms with Gasteiger partial charge in [0.15, 0.2) is 5.82 Å². The molecule has 1 atom stereocenters. The molecule has 4 rings (SSSR count). The Morgan fingerprint density at radius 2 is 1.89 bits per heavy atom. The number of piperidine rings is 1. The second-order valence-corrected chi connectivity index (χ2v) is 7.31. The zero-order valence-corrected chi connectivity index (χ0v) is 15.3. The van der Waals surface area contributed by atoms with Gasteiger partial charge in [-0.1, -0.05) is 24.3 Å². The highest BCUT2D eigenvalue weighted by atomic mass is 16.2. The van der Waals surface area contributed by atoms with Crippen LogP contribution in [0.4, 0.5) is 5.82 Å². The third-order valence-electron chi connectivity index (χ3n) is 5.16. The number of carbonyl (C=O) groups is 2. The van der Waals surface area contributed by atoms with Gasteiger partial charge in [0.25, 0.3) is 5.91 Å². The summed E-state index contributed by atoms with van der Waals surface area (Å²) in [4.78, 5) is 27.5. The SMILES string of the molecule is CC1(C(=O)Nc2cc3ccccn3n2)CCCN(C(=O)c2ccccc2)C1. The van der Waals surface area contributed by atoms with Crippen molar-refractivity contribution in [2.24, 2.45) is 5.41 Å². The number of rotatable bonds is 3. The van der Waals surface area contributed by atoms with E-state index in [4.69, 9.17) is 0 Å². The molecular weight excluding hydrogens is 340 g/mol. The van der Waals surface area contributed by atoms with Crippen molar-refractivity contribution in [2.45, 2.75) is 19.8 Å². The second-order valence-electron chi connectivity index (χ2n) is 7.31. The fourth-order valence-corrected chi connectivity index (χ4v) is 3.63. The van der Waals surface area contributed by atoms with Crippen LogP contribution in [0.2, 0.25) is 0 Å². The number of aromatic nitrogens is 2. The van der Waals surface area contributed by atoms with E-state index in [0.29, 0.717) is 24.5 Å². The smallest absolute Gasteiger partial charge is 0.253 e. The van der Waals surface area contributed by atoms with E-state index in [0.717, 1.165) is 18.4 Å². The maximum absolute atomic E-state index is 13.0. The average Bonchev–Trinajstić information content (AvgIpc) is 3.10. The van der Waals surface area contributed by atoms with Crippen molar-refractivity contribution in [1.29, 1.82) is 0 Å². The molecule has 27 heavy (non-hydrogen) atoms. The van der Waals surface area contributed by atoms with Gasteiger partial charge in [-0.15, -0.1) is 0 Å². The lowest BCUT2D eigenvalue weighted by Crippen LogP contribution is -2.50. The molecule has 0 spiro atoms. The summed E-state index contributed by atoms with van der Waals surface area (Å²) in [7, 11) is 0. The molecule has 1 saturated heterocycles. The molecular formula is C21H22N4O2. The topological polar surface area (TPSA) is 66.7 Å². The maximum Gasteiger partial charge on any atom is 0.253 e. The molecule has 3 aromatic rings. The number of anilines is 1. The third kappa shape index (κ3) is 3.43. The van der Waals surface area contributed by atoms with Crippen LogP contribution in [0.15, 0.2) is 60.8 Å². The van der Waals surface area contributed by atoms with Crippen LogP contribution in [-0.4, -0.2) is 39.4 Å². The molecule has 0 bridgehead atoms. The molecule has 1 unspecified atom stereocenters. The number of fused-ring (bicyclic) bond motifs is 1. The Kier molecular flexibility index (Phi) is 4.39. The molecule has 2 amide bonds. The lowest BCUT2D eigenvalue weighted by Gasteiger charge is -2.39. The Bertz CT molecular complexity index is 949. The Morgan fingerprint density at radius 3 is 2.67 bits per heavy atom. The van der Waals surface area contributed by atoms with E-state index >= 15 is 0 Å². The number of nitrogens with one attached hydrogen (secondary N) is 1. The molecule has 0 aliphatic carbocycles. The van der Waals surface area contributed by atoms with Gasteiger partial charge >= 0.3 is 0 Å². The van der Waals surface area contributed by atoms with Gasteiger partial charge in [0, 0.05) is 30.9 Å². The summed E-state index contributed by atoms with van der Waals surface area (Å²) in [5.41, 5.74) is 0.934. The van der Waals surface area contributed by atoms with Gasteiger partial charge in [0.1, 0.15) is 0 Å². The molecule has 1 N–H and O–H groups in total. The zero-order chi connectivity index (χ0) is 18.9. The molecule has 6 nitrogen and oxygen atoms in total. The van der Waals surface area contributed by atoms with Crippen molar-refractivity contribution < 1.29 is 9.59 Å². The first-order chi connectivity index (χ1) is 13.0. The van der Waals surface area contributed by atoms with Crippen LogP contribution in [0.1, 0.15) is 30.1 Å². The van der Waals surface area contributed by atoms with Crippen LogP contribution >= 0.6 is 0 Å². The van der Waals surface area contributed by atoms with Crippen molar-refractivity contribution in [3.63, 3.8) is 0 Å². The normalized spacial score (nSPS) is 19.8. The van der Waals surface area contributed by atoms with E-state index in [1.807, 2.05) is 67.7 Å². The Morgan fingerprint density at radius 1 is 1.11 bits per heavy atom. The number of nitrogens with zero attached hydrogens (tertiary/aromatic N) is 3.